The van der Waals surface area contributed by atoms with Gasteiger partial charge in [0.05, 0.1) is 0 Å². The monoisotopic (exact) mass is 191 g/mol. The highest BCUT2D eigenvalue weighted by Gasteiger charge is 2.15. The Balaban J connectivity index is 3.47. The van der Waals surface area contributed by atoms with Crippen LogP contribution in [0.5, 0.6) is 0 Å². The van der Waals surface area contributed by atoms with E-state index in [-0.39, 0.29) is 11.6 Å². The van der Waals surface area contributed by atoms with E-state index in [4.69, 9.17) is 4.74 Å². The van der Waals surface area contributed by atoms with Crippen LogP contribution in [0.3, 0.4) is 0 Å². The van der Waals surface area contributed by atoms with Crippen LogP contribution in [0.15, 0.2) is 0 Å². The third-order valence-corrected chi connectivity index (χ3v) is 1.41. The van der Waals surface area contributed by atoms with E-state index in [1.807, 2.05) is 20.8 Å². The van der Waals surface area contributed by atoms with Gasteiger partial charge in [-0.3, -0.25) is 4.79 Å². The molecule has 0 radical (unpaired) electrons. The molecule has 1 atom stereocenters. The second-order valence-corrected chi connectivity index (χ2v) is 4.05. The Morgan fingerprint density at radius 2 is 2.08 bits per heavy atom. The lowest BCUT2D eigenvalue weighted by Crippen LogP contribution is -2.24. The maximum Gasteiger partial charge on any atom is 0.306 e. The minimum atomic E-state index is -0.356. The maximum atomic E-state index is 11.1. The number of hydrogen-bond acceptors (Lipinski definition) is 3. The van der Waals surface area contributed by atoms with Gasteiger partial charge in [0.25, 0.3) is 0 Å². The highest BCUT2D eigenvalue weighted by Crippen LogP contribution is 2.08. The third-order valence-electron chi connectivity index (χ3n) is 1.12. The molecule has 72 valence electrons. The second-order valence-electron chi connectivity index (χ2n) is 3.64. The van der Waals surface area contributed by atoms with E-state index in [0.717, 1.165) is 13.0 Å². The summed E-state index contributed by atoms with van der Waals surface area (Å²) >= 11 is 0. The van der Waals surface area contributed by atoms with Crippen LogP contribution in [-0.2, 0) is 9.53 Å². The molecule has 0 fully saturated rings. The minimum absolute atomic E-state index is 0.122. The van der Waals surface area contributed by atoms with Crippen LogP contribution in [-0.4, -0.2) is 18.1 Å². The fourth-order valence-corrected chi connectivity index (χ4v) is 0.931. The second kappa shape index (κ2) is 5.50. The number of carbonyl (C=O) groups excluding carboxylic acids is 1. The van der Waals surface area contributed by atoms with Crippen molar-refractivity contribution in [3.05, 3.63) is 0 Å². The van der Waals surface area contributed by atoms with Crippen molar-refractivity contribution in [1.29, 1.82) is 0 Å². The number of ether oxygens (including phenoxy) is 1. The number of carbonyl (C=O) groups is 1. The first kappa shape index (κ1) is 11.9. The average molecular weight is 191 g/mol. The van der Waals surface area contributed by atoms with Crippen molar-refractivity contribution in [1.82, 2.24) is 5.09 Å². The average Bonchev–Trinajstić information content (AvgIpc) is 1.84. The number of esters is 1. The van der Waals surface area contributed by atoms with Crippen molar-refractivity contribution >= 4 is 15.4 Å². The highest BCUT2D eigenvalue weighted by molar-refractivity contribution is 7.13. The Morgan fingerprint density at radius 1 is 1.50 bits per heavy atom. The van der Waals surface area contributed by atoms with Gasteiger partial charge in [0.1, 0.15) is 5.60 Å². The van der Waals surface area contributed by atoms with Crippen LogP contribution in [0.4, 0.5) is 0 Å². The van der Waals surface area contributed by atoms with Crippen LogP contribution in [0.25, 0.3) is 0 Å². The molecule has 3 nitrogen and oxygen atoms in total. The van der Waals surface area contributed by atoms with Gasteiger partial charge in [0, 0.05) is 6.42 Å². The van der Waals surface area contributed by atoms with Gasteiger partial charge in [-0.25, -0.2) is 0 Å². The summed E-state index contributed by atoms with van der Waals surface area (Å²) in [5, 5.41) is 2.89. The molecule has 0 amide bonds. The van der Waals surface area contributed by atoms with Gasteiger partial charge in [-0.2, -0.15) is 0 Å². The zero-order valence-corrected chi connectivity index (χ0v) is 9.17. The normalized spacial score (nSPS) is 11.3. The molecule has 1 unspecified atom stereocenters. The van der Waals surface area contributed by atoms with E-state index in [9.17, 15) is 4.79 Å². The Bertz CT molecular complexity index is 142. The molecule has 4 heteroatoms. The first-order chi connectivity index (χ1) is 5.45. The molecule has 0 aliphatic carbocycles. The first-order valence-electron chi connectivity index (χ1n) is 4.11. The fourth-order valence-electron chi connectivity index (χ4n) is 0.727. The summed E-state index contributed by atoms with van der Waals surface area (Å²) in [5.74, 6) is -0.122. The minimum Gasteiger partial charge on any atom is -0.460 e. The topological polar surface area (TPSA) is 38.3 Å². The van der Waals surface area contributed by atoms with Crippen LogP contribution < -0.4 is 5.09 Å². The summed E-state index contributed by atoms with van der Waals surface area (Å²) in [5.41, 5.74) is -0.356. The van der Waals surface area contributed by atoms with Gasteiger partial charge in [-0.1, -0.05) is 9.39 Å². The van der Waals surface area contributed by atoms with E-state index in [0.29, 0.717) is 6.42 Å². The lowest BCUT2D eigenvalue weighted by Gasteiger charge is -2.19. The molecule has 12 heavy (non-hydrogen) atoms. The summed E-state index contributed by atoms with van der Waals surface area (Å²) in [6.07, 6.45) is 1.30. The molecule has 0 aromatic heterocycles. The molecule has 0 rings (SSSR count). The van der Waals surface area contributed by atoms with Crippen molar-refractivity contribution in [3.63, 3.8) is 0 Å². The van der Waals surface area contributed by atoms with Crippen molar-refractivity contribution in [3.8, 4) is 0 Å². The van der Waals surface area contributed by atoms with E-state index < -0.39 is 0 Å². The molecule has 0 bridgehead atoms. The largest absolute Gasteiger partial charge is 0.460 e. The van der Waals surface area contributed by atoms with Crippen LogP contribution >= 0.6 is 9.39 Å². The van der Waals surface area contributed by atoms with Crippen LogP contribution in [0.1, 0.15) is 33.6 Å². The van der Waals surface area contributed by atoms with Gasteiger partial charge in [0.15, 0.2) is 0 Å². The molecule has 0 aromatic rings. The molecular weight excluding hydrogens is 173 g/mol. The standard InChI is InChI=1S/C8H18NO2P/c1-8(2,3)11-7(10)5-4-6-9-12/h9H,4-6,12H2,1-3H3. The van der Waals surface area contributed by atoms with E-state index in [1.165, 1.54) is 0 Å². The van der Waals surface area contributed by atoms with Crippen molar-refractivity contribution in [2.45, 2.75) is 39.2 Å². The fraction of sp³-hybridized carbons (Fsp3) is 0.875. The zero-order chi connectivity index (χ0) is 9.61. The van der Waals surface area contributed by atoms with Crippen molar-refractivity contribution < 1.29 is 9.53 Å². The Kier molecular flexibility index (Phi) is 5.43. The Hall–Kier alpha value is -0.140. The van der Waals surface area contributed by atoms with Crippen molar-refractivity contribution in [2.24, 2.45) is 0 Å². The lowest BCUT2D eigenvalue weighted by atomic mass is 10.2. The summed E-state index contributed by atoms with van der Waals surface area (Å²) in [7, 11) is 2.40. The Morgan fingerprint density at radius 3 is 2.50 bits per heavy atom. The Labute approximate surface area is 76.5 Å². The first-order valence-corrected chi connectivity index (χ1v) is 4.69. The van der Waals surface area contributed by atoms with Gasteiger partial charge in [0.2, 0.25) is 0 Å². The van der Waals surface area contributed by atoms with Crippen molar-refractivity contribution in [2.75, 3.05) is 6.54 Å². The highest BCUT2D eigenvalue weighted by atomic mass is 31.0. The summed E-state index contributed by atoms with van der Waals surface area (Å²) in [6, 6.07) is 0. The van der Waals surface area contributed by atoms with Crippen LogP contribution in [0, 0.1) is 0 Å². The van der Waals surface area contributed by atoms with E-state index >= 15 is 0 Å². The number of nitrogens with one attached hydrogen (secondary N) is 1. The quantitative estimate of drug-likeness (QED) is 0.415. The molecule has 0 aliphatic heterocycles. The molecular formula is C8H18NO2P. The van der Waals surface area contributed by atoms with Gasteiger partial charge >= 0.3 is 5.97 Å². The lowest BCUT2D eigenvalue weighted by molar-refractivity contribution is -0.154. The number of hydrogen-bond donors (Lipinski definition) is 1. The zero-order valence-electron chi connectivity index (χ0n) is 8.02. The predicted octanol–water partition coefficient (Wildman–Crippen LogP) is 1.49. The molecule has 0 saturated carbocycles. The van der Waals surface area contributed by atoms with Gasteiger partial charge in [-0.15, -0.1) is 0 Å². The molecule has 1 N–H and O–H groups in total. The third kappa shape index (κ3) is 7.96. The van der Waals surface area contributed by atoms with E-state index in [1.54, 1.807) is 0 Å². The molecule has 0 heterocycles. The van der Waals surface area contributed by atoms with Gasteiger partial charge in [-0.05, 0) is 33.7 Å². The molecule has 0 aromatic carbocycles. The maximum absolute atomic E-state index is 11.1. The summed E-state index contributed by atoms with van der Waals surface area (Å²) < 4.78 is 5.11. The van der Waals surface area contributed by atoms with E-state index in [2.05, 4.69) is 14.5 Å². The molecule has 0 saturated heterocycles. The molecule has 0 aliphatic rings. The predicted molar refractivity (Wildman–Crippen MR) is 52.8 cm³/mol. The number of rotatable bonds is 4. The smallest absolute Gasteiger partial charge is 0.306 e. The SMILES string of the molecule is CC(C)(C)OC(=O)CCCNP. The summed E-state index contributed by atoms with van der Waals surface area (Å²) in [6.45, 7) is 6.44. The van der Waals surface area contributed by atoms with Crippen LogP contribution in [0.2, 0.25) is 0 Å². The summed E-state index contributed by atoms with van der Waals surface area (Å²) in [4.78, 5) is 11.1. The molecule has 0 spiro atoms. The van der Waals surface area contributed by atoms with Gasteiger partial charge < -0.3 is 9.82 Å².